The number of anilines is 1. The van der Waals surface area contributed by atoms with Crippen LogP contribution in [0, 0.1) is 0 Å². The zero-order valence-corrected chi connectivity index (χ0v) is 13.4. The molecule has 0 fully saturated rings. The van der Waals surface area contributed by atoms with E-state index in [2.05, 4.69) is 0 Å². The Morgan fingerprint density at radius 3 is 2.27 bits per heavy atom. The Bertz CT molecular complexity index is 548. The van der Waals surface area contributed by atoms with Gasteiger partial charge in [0.15, 0.2) is 6.61 Å². The lowest BCUT2D eigenvalue weighted by Gasteiger charge is -2.26. The Morgan fingerprint density at radius 1 is 1.18 bits per heavy atom. The Morgan fingerprint density at radius 2 is 1.82 bits per heavy atom. The van der Waals surface area contributed by atoms with Gasteiger partial charge in [-0.25, -0.2) is 4.79 Å². The summed E-state index contributed by atoms with van der Waals surface area (Å²) in [6.45, 7) is 7.79. The van der Waals surface area contributed by atoms with Crippen molar-refractivity contribution >= 4 is 17.6 Å². The molecule has 0 saturated heterocycles. The molecule has 0 amide bonds. The summed E-state index contributed by atoms with van der Waals surface area (Å²) in [4.78, 5) is 23.4. The second kappa shape index (κ2) is 7.15. The van der Waals surface area contributed by atoms with Crippen LogP contribution in [-0.2, 0) is 15.0 Å². The molecule has 0 atom stereocenters. The predicted molar refractivity (Wildman–Crippen MR) is 83.8 cm³/mol. The minimum atomic E-state index is -1.08. The number of rotatable bonds is 7. The first-order valence-corrected chi connectivity index (χ1v) is 7.11. The van der Waals surface area contributed by atoms with Gasteiger partial charge < -0.3 is 19.8 Å². The van der Waals surface area contributed by atoms with Gasteiger partial charge in [0.2, 0.25) is 0 Å². The van der Waals surface area contributed by atoms with Crippen molar-refractivity contribution in [3.8, 4) is 5.75 Å². The van der Waals surface area contributed by atoms with Gasteiger partial charge in [-0.2, -0.15) is 0 Å². The molecule has 0 saturated carbocycles. The van der Waals surface area contributed by atoms with E-state index < -0.39 is 18.5 Å². The van der Waals surface area contributed by atoms with Gasteiger partial charge in [0, 0.05) is 6.54 Å². The van der Waals surface area contributed by atoms with E-state index in [0.717, 1.165) is 5.56 Å². The van der Waals surface area contributed by atoms with Gasteiger partial charge in [-0.05, 0) is 30.0 Å². The second-order valence-electron chi connectivity index (χ2n) is 6.02. The number of nitrogens with zero attached hydrogens (tertiary/aromatic N) is 1. The highest BCUT2D eigenvalue weighted by Gasteiger charge is 2.20. The Kier molecular flexibility index (Phi) is 5.79. The maximum atomic E-state index is 11.0. The molecular formula is C16H23NO5. The molecule has 0 spiro atoms. The Hall–Kier alpha value is -2.24. The van der Waals surface area contributed by atoms with E-state index >= 15 is 0 Å². The topological polar surface area (TPSA) is 87.1 Å². The number of hydrogen-bond acceptors (Lipinski definition) is 4. The number of ether oxygens (including phenoxy) is 1. The number of carboxylic acids is 2. The number of hydrogen-bond donors (Lipinski definition) is 2. The highest BCUT2D eigenvalue weighted by atomic mass is 16.5. The quantitative estimate of drug-likeness (QED) is 0.804. The highest BCUT2D eigenvalue weighted by molar-refractivity contribution is 5.75. The summed E-state index contributed by atoms with van der Waals surface area (Å²) >= 11 is 0. The summed E-state index contributed by atoms with van der Waals surface area (Å²) in [5.74, 6) is -1.64. The van der Waals surface area contributed by atoms with Crippen LogP contribution in [0.1, 0.15) is 33.3 Å². The van der Waals surface area contributed by atoms with E-state index in [1.807, 2.05) is 33.8 Å². The molecule has 0 aromatic heterocycles. The molecule has 2 N–H and O–H groups in total. The smallest absolute Gasteiger partial charge is 0.341 e. The first-order chi connectivity index (χ1) is 10.1. The van der Waals surface area contributed by atoms with E-state index in [4.69, 9.17) is 14.9 Å². The van der Waals surface area contributed by atoms with E-state index in [-0.39, 0.29) is 12.0 Å². The fourth-order valence-electron chi connectivity index (χ4n) is 2.03. The van der Waals surface area contributed by atoms with Crippen molar-refractivity contribution in [3.63, 3.8) is 0 Å². The van der Waals surface area contributed by atoms with E-state index in [9.17, 15) is 9.59 Å². The summed E-state index contributed by atoms with van der Waals surface area (Å²) < 4.78 is 5.36. The molecule has 0 radical (unpaired) electrons. The number of benzene rings is 1. The number of likely N-dealkylation sites (N-methyl/N-ethyl adjacent to an activating group) is 1. The molecule has 0 aliphatic heterocycles. The molecule has 22 heavy (non-hydrogen) atoms. The lowest BCUT2D eigenvalue weighted by atomic mass is 9.87. The van der Waals surface area contributed by atoms with E-state index in [0.29, 0.717) is 18.0 Å². The predicted octanol–water partition coefficient (Wildman–Crippen LogP) is 2.36. The largest absolute Gasteiger partial charge is 0.480 e. The standard InChI is InChI=1S/C16H23NO5/c1-5-17(9-14(18)19)12-7-6-11(16(2,3)4)8-13(12)22-10-15(20)21/h6-8H,5,9-10H2,1-4H3,(H,18,19)(H,20,21). The van der Waals surface area contributed by atoms with Crippen molar-refractivity contribution in [2.45, 2.75) is 33.1 Å². The van der Waals surface area contributed by atoms with Crippen molar-refractivity contribution in [1.82, 2.24) is 0 Å². The van der Waals surface area contributed by atoms with Crippen molar-refractivity contribution in [2.24, 2.45) is 0 Å². The minimum Gasteiger partial charge on any atom is -0.480 e. The molecule has 0 aliphatic carbocycles. The van der Waals surface area contributed by atoms with Gasteiger partial charge in [-0.3, -0.25) is 4.79 Å². The second-order valence-corrected chi connectivity index (χ2v) is 6.02. The zero-order chi connectivity index (χ0) is 16.9. The Balaban J connectivity index is 3.23. The molecule has 0 heterocycles. The maximum Gasteiger partial charge on any atom is 0.341 e. The van der Waals surface area contributed by atoms with Gasteiger partial charge in [-0.1, -0.05) is 26.8 Å². The molecule has 0 aliphatic rings. The molecular weight excluding hydrogens is 286 g/mol. The van der Waals surface area contributed by atoms with Gasteiger partial charge >= 0.3 is 11.9 Å². The van der Waals surface area contributed by atoms with Crippen LogP contribution in [0.3, 0.4) is 0 Å². The molecule has 1 aromatic rings. The summed E-state index contributed by atoms with van der Waals surface area (Å²) in [6, 6.07) is 5.47. The van der Waals surface area contributed by atoms with Crippen LogP contribution in [0.2, 0.25) is 0 Å². The molecule has 0 bridgehead atoms. The number of aliphatic carboxylic acids is 2. The highest BCUT2D eigenvalue weighted by Crippen LogP contribution is 2.34. The fourth-order valence-corrected chi connectivity index (χ4v) is 2.03. The molecule has 6 heteroatoms. The van der Waals surface area contributed by atoms with Gasteiger partial charge in [-0.15, -0.1) is 0 Å². The first-order valence-electron chi connectivity index (χ1n) is 7.11. The van der Waals surface area contributed by atoms with Crippen LogP contribution in [0.25, 0.3) is 0 Å². The van der Waals surface area contributed by atoms with Crippen LogP contribution in [0.5, 0.6) is 5.75 Å². The van der Waals surface area contributed by atoms with E-state index in [1.54, 1.807) is 17.0 Å². The van der Waals surface area contributed by atoms with Crippen molar-refractivity contribution < 1.29 is 24.5 Å². The van der Waals surface area contributed by atoms with Crippen LogP contribution in [0.15, 0.2) is 18.2 Å². The summed E-state index contributed by atoms with van der Waals surface area (Å²) in [7, 11) is 0. The molecule has 1 aromatic carbocycles. The molecule has 1 rings (SSSR count). The maximum absolute atomic E-state index is 11.0. The van der Waals surface area contributed by atoms with Crippen LogP contribution >= 0.6 is 0 Å². The average Bonchev–Trinajstić information content (AvgIpc) is 2.41. The average molecular weight is 309 g/mol. The SMILES string of the molecule is CCN(CC(=O)O)c1ccc(C(C)(C)C)cc1OCC(=O)O. The summed E-state index contributed by atoms with van der Waals surface area (Å²) in [5.41, 5.74) is 1.45. The van der Waals surface area contributed by atoms with Gasteiger partial charge in [0.1, 0.15) is 12.3 Å². The lowest BCUT2D eigenvalue weighted by Crippen LogP contribution is -2.30. The molecule has 122 valence electrons. The van der Waals surface area contributed by atoms with Crippen molar-refractivity contribution in [2.75, 3.05) is 24.6 Å². The third kappa shape index (κ3) is 4.95. The zero-order valence-electron chi connectivity index (χ0n) is 13.4. The van der Waals surface area contributed by atoms with Crippen molar-refractivity contribution in [3.05, 3.63) is 23.8 Å². The fraction of sp³-hybridized carbons (Fsp3) is 0.500. The van der Waals surface area contributed by atoms with E-state index in [1.165, 1.54) is 0 Å². The molecule has 0 unspecified atom stereocenters. The summed E-state index contributed by atoms with van der Waals surface area (Å²) in [6.07, 6.45) is 0. The number of carbonyl (C=O) groups is 2. The molecule has 6 nitrogen and oxygen atoms in total. The number of carboxylic acid groups (broad SMARTS) is 2. The van der Waals surface area contributed by atoms with Gasteiger partial charge in [0.25, 0.3) is 0 Å². The third-order valence-electron chi connectivity index (χ3n) is 3.23. The van der Waals surface area contributed by atoms with Crippen LogP contribution < -0.4 is 9.64 Å². The monoisotopic (exact) mass is 309 g/mol. The Labute approximate surface area is 130 Å². The normalized spacial score (nSPS) is 11.1. The lowest BCUT2D eigenvalue weighted by molar-refractivity contribution is -0.139. The van der Waals surface area contributed by atoms with Gasteiger partial charge in [0.05, 0.1) is 5.69 Å². The van der Waals surface area contributed by atoms with Crippen LogP contribution in [0.4, 0.5) is 5.69 Å². The first kappa shape index (κ1) is 17.8. The third-order valence-corrected chi connectivity index (χ3v) is 3.23. The minimum absolute atomic E-state index is 0.121. The summed E-state index contributed by atoms with van der Waals surface area (Å²) in [5, 5.41) is 17.8. The van der Waals surface area contributed by atoms with Crippen LogP contribution in [-0.4, -0.2) is 41.8 Å². The van der Waals surface area contributed by atoms with Crippen molar-refractivity contribution in [1.29, 1.82) is 0 Å².